The summed E-state index contributed by atoms with van der Waals surface area (Å²) in [5.74, 6) is 0. The predicted molar refractivity (Wildman–Crippen MR) is 75.5 cm³/mol. The van der Waals surface area contributed by atoms with Crippen molar-refractivity contribution in [2.75, 3.05) is 26.5 Å². The summed E-state index contributed by atoms with van der Waals surface area (Å²) < 4.78 is 27.1. The van der Waals surface area contributed by atoms with Gasteiger partial charge in [-0.15, -0.1) is 0 Å². The van der Waals surface area contributed by atoms with Crippen molar-refractivity contribution in [2.24, 2.45) is 0 Å². The smallest absolute Gasteiger partial charge is 0.170 e. The summed E-state index contributed by atoms with van der Waals surface area (Å²) in [6.45, 7) is 0.310. The average molecular weight is 295 g/mol. The minimum absolute atomic E-state index is 0.310. The zero-order chi connectivity index (χ0) is 15.0. The van der Waals surface area contributed by atoms with Gasteiger partial charge in [0.2, 0.25) is 0 Å². The van der Waals surface area contributed by atoms with E-state index in [9.17, 15) is 4.39 Å². The van der Waals surface area contributed by atoms with E-state index in [1.165, 1.54) is 6.33 Å². The largest absolute Gasteiger partial charge is 0.397 e. The average Bonchev–Trinajstić information content (AvgIpc) is 3.02. The summed E-state index contributed by atoms with van der Waals surface area (Å²) in [6, 6.07) is 1.21. The number of hydrogen-bond acceptors (Lipinski definition) is 6. The van der Waals surface area contributed by atoms with Crippen LogP contribution in [-0.2, 0) is 9.47 Å². The van der Waals surface area contributed by atoms with E-state index in [1.54, 1.807) is 31.0 Å². The van der Waals surface area contributed by atoms with Crippen molar-refractivity contribution < 1.29 is 13.9 Å². The van der Waals surface area contributed by atoms with Crippen molar-refractivity contribution in [2.45, 2.75) is 24.5 Å². The van der Waals surface area contributed by atoms with Gasteiger partial charge in [0.15, 0.2) is 18.0 Å². The third kappa shape index (κ3) is 2.25. The van der Waals surface area contributed by atoms with Gasteiger partial charge in [-0.2, -0.15) is 0 Å². The predicted octanol–water partition coefficient (Wildman–Crippen LogP) is 0.483. The first-order chi connectivity index (χ1) is 10.2. The molecule has 3 rings (SSSR count). The van der Waals surface area contributed by atoms with Gasteiger partial charge in [0.25, 0.3) is 0 Å². The van der Waals surface area contributed by atoms with E-state index >= 15 is 0 Å². The Morgan fingerprint density at radius 3 is 3.05 bits per heavy atom. The van der Waals surface area contributed by atoms with Gasteiger partial charge >= 0.3 is 0 Å². The van der Waals surface area contributed by atoms with Gasteiger partial charge in [-0.1, -0.05) is 0 Å². The van der Waals surface area contributed by atoms with Crippen molar-refractivity contribution >= 4 is 16.9 Å². The van der Waals surface area contributed by atoms with Crippen LogP contribution in [0.15, 0.2) is 18.6 Å². The third-order valence-electron chi connectivity index (χ3n) is 3.76. The number of rotatable bonds is 4. The van der Waals surface area contributed by atoms with Crippen LogP contribution in [0, 0.1) is 0 Å². The molecule has 114 valence electrons. The SMILES string of the molecule is CN[C@H]1[C@@H](F)[C@H](n2cnc3c(N)ccnc32)O[C@@H]1COC. The van der Waals surface area contributed by atoms with E-state index in [2.05, 4.69) is 15.3 Å². The fourth-order valence-corrected chi connectivity index (χ4v) is 2.73. The topological polar surface area (TPSA) is 87.2 Å². The molecule has 3 heterocycles. The van der Waals surface area contributed by atoms with Gasteiger partial charge in [0.1, 0.15) is 11.6 Å². The molecule has 1 aliphatic heterocycles. The van der Waals surface area contributed by atoms with Crippen LogP contribution in [0.5, 0.6) is 0 Å². The second-order valence-electron chi connectivity index (χ2n) is 5.00. The number of aromatic nitrogens is 3. The molecule has 3 N–H and O–H groups in total. The van der Waals surface area contributed by atoms with Crippen LogP contribution in [0.2, 0.25) is 0 Å². The fourth-order valence-electron chi connectivity index (χ4n) is 2.73. The summed E-state index contributed by atoms with van der Waals surface area (Å²) in [5.41, 5.74) is 7.41. The lowest BCUT2D eigenvalue weighted by Crippen LogP contribution is -2.42. The minimum atomic E-state index is -1.24. The lowest BCUT2D eigenvalue weighted by Gasteiger charge is -2.17. The lowest BCUT2D eigenvalue weighted by atomic mass is 10.1. The molecule has 1 fully saturated rings. The molecule has 0 unspecified atom stereocenters. The van der Waals surface area contributed by atoms with Gasteiger partial charge in [-0.25, -0.2) is 14.4 Å². The van der Waals surface area contributed by atoms with Crippen molar-refractivity contribution in [3.05, 3.63) is 18.6 Å². The Morgan fingerprint density at radius 1 is 1.52 bits per heavy atom. The summed E-state index contributed by atoms with van der Waals surface area (Å²) >= 11 is 0. The first-order valence-corrected chi connectivity index (χ1v) is 6.70. The normalized spacial score (nSPS) is 29.3. The molecule has 21 heavy (non-hydrogen) atoms. The molecule has 0 bridgehead atoms. The van der Waals surface area contributed by atoms with E-state index in [0.29, 0.717) is 23.5 Å². The Kier molecular flexibility index (Phi) is 3.75. The number of nitrogens with two attached hydrogens (primary N) is 1. The minimum Gasteiger partial charge on any atom is -0.397 e. The van der Waals surface area contributed by atoms with Crippen LogP contribution >= 0.6 is 0 Å². The standard InChI is InChI=1S/C13H18FN5O2/c1-16-11-8(5-20-2)21-13(9(11)14)19-6-18-10-7(15)3-4-17-12(10)19/h3-4,6,8-9,11,13,16H,5H2,1-2H3,(H2,15,17)/t8-,9-,11-,13-/m1/s1. The van der Waals surface area contributed by atoms with E-state index in [-0.39, 0.29) is 6.10 Å². The highest BCUT2D eigenvalue weighted by molar-refractivity contribution is 5.83. The highest BCUT2D eigenvalue weighted by atomic mass is 19.1. The van der Waals surface area contributed by atoms with Crippen LogP contribution in [0.3, 0.4) is 0 Å². The van der Waals surface area contributed by atoms with Crippen molar-refractivity contribution in [1.82, 2.24) is 19.9 Å². The van der Waals surface area contributed by atoms with Crippen LogP contribution in [0.4, 0.5) is 10.1 Å². The number of likely N-dealkylation sites (N-methyl/N-ethyl adjacent to an activating group) is 1. The summed E-state index contributed by atoms with van der Waals surface area (Å²) in [7, 11) is 3.26. The molecule has 1 saturated heterocycles. The van der Waals surface area contributed by atoms with Gasteiger partial charge in [-0.3, -0.25) is 4.57 Å². The Labute approximate surface area is 121 Å². The number of nitrogens with one attached hydrogen (secondary N) is 1. The number of alkyl halides is 1. The maximum absolute atomic E-state index is 14.7. The molecule has 0 amide bonds. The molecule has 1 aliphatic rings. The highest BCUT2D eigenvalue weighted by Crippen LogP contribution is 2.34. The van der Waals surface area contributed by atoms with E-state index in [0.717, 1.165) is 0 Å². The second-order valence-corrected chi connectivity index (χ2v) is 5.00. The molecular weight excluding hydrogens is 277 g/mol. The van der Waals surface area contributed by atoms with Crippen molar-refractivity contribution in [3.63, 3.8) is 0 Å². The number of imidazole rings is 1. The van der Waals surface area contributed by atoms with Crippen molar-refractivity contribution in [1.29, 1.82) is 0 Å². The fraction of sp³-hybridized carbons (Fsp3) is 0.538. The first-order valence-electron chi connectivity index (χ1n) is 6.70. The molecule has 0 saturated carbocycles. The Hall–Kier alpha value is -1.77. The number of hydrogen-bond donors (Lipinski definition) is 2. The molecule has 2 aromatic heterocycles. The number of anilines is 1. The van der Waals surface area contributed by atoms with E-state index in [1.807, 2.05) is 0 Å². The third-order valence-corrected chi connectivity index (χ3v) is 3.76. The monoisotopic (exact) mass is 295 g/mol. The molecule has 0 radical (unpaired) electrons. The van der Waals surface area contributed by atoms with Crippen LogP contribution in [0.25, 0.3) is 11.2 Å². The zero-order valence-electron chi connectivity index (χ0n) is 11.9. The molecule has 2 aromatic rings. The molecule has 0 spiro atoms. The lowest BCUT2D eigenvalue weighted by molar-refractivity contribution is -0.0442. The van der Waals surface area contributed by atoms with Gasteiger partial charge < -0.3 is 20.5 Å². The highest BCUT2D eigenvalue weighted by Gasteiger charge is 2.45. The van der Waals surface area contributed by atoms with Crippen LogP contribution in [0.1, 0.15) is 6.23 Å². The van der Waals surface area contributed by atoms with Crippen LogP contribution < -0.4 is 11.1 Å². The van der Waals surface area contributed by atoms with Gasteiger partial charge in [-0.05, 0) is 13.1 Å². The molecule has 4 atom stereocenters. The van der Waals surface area contributed by atoms with E-state index < -0.39 is 18.4 Å². The summed E-state index contributed by atoms with van der Waals surface area (Å²) in [6.07, 6.45) is 0.657. The Morgan fingerprint density at radius 2 is 2.33 bits per heavy atom. The number of pyridine rings is 1. The quantitative estimate of drug-likeness (QED) is 0.853. The maximum Gasteiger partial charge on any atom is 0.170 e. The zero-order valence-corrected chi connectivity index (χ0v) is 11.9. The first kappa shape index (κ1) is 14.2. The molecular formula is C13H18FN5O2. The Bertz CT molecular complexity index is 634. The van der Waals surface area contributed by atoms with E-state index in [4.69, 9.17) is 15.2 Å². The van der Waals surface area contributed by atoms with Crippen LogP contribution in [-0.4, -0.2) is 53.6 Å². The number of halogens is 1. The molecule has 7 nitrogen and oxygen atoms in total. The molecule has 0 aliphatic carbocycles. The summed E-state index contributed by atoms with van der Waals surface area (Å²) in [4.78, 5) is 8.42. The number of nitrogens with zero attached hydrogens (tertiary/aromatic N) is 3. The second kappa shape index (κ2) is 5.55. The Balaban J connectivity index is 1.97. The number of methoxy groups -OCH3 is 1. The number of ether oxygens (including phenoxy) is 2. The van der Waals surface area contributed by atoms with Gasteiger partial charge in [0, 0.05) is 13.3 Å². The molecule has 8 heteroatoms. The molecule has 0 aromatic carbocycles. The summed E-state index contributed by atoms with van der Waals surface area (Å²) in [5, 5.41) is 2.94. The number of nitrogen functional groups attached to an aromatic ring is 1. The van der Waals surface area contributed by atoms with Gasteiger partial charge in [0.05, 0.1) is 24.7 Å². The van der Waals surface area contributed by atoms with Crippen molar-refractivity contribution in [3.8, 4) is 0 Å². The maximum atomic E-state index is 14.7. The number of fused-ring (bicyclic) bond motifs is 1.